The van der Waals surface area contributed by atoms with Crippen LogP contribution in [0.2, 0.25) is 10.0 Å². The average molecular weight is 286 g/mol. The summed E-state index contributed by atoms with van der Waals surface area (Å²) < 4.78 is 0. The van der Waals surface area contributed by atoms with E-state index in [2.05, 4.69) is 26.1 Å². The van der Waals surface area contributed by atoms with E-state index in [1.165, 1.54) is 19.3 Å². The lowest BCUT2D eigenvalue weighted by Gasteiger charge is -2.40. The van der Waals surface area contributed by atoms with Gasteiger partial charge in [0.05, 0.1) is 10.7 Å². The van der Waals surface area contributed by atoms with Gasteiger partial charge >= 0.3 is 0 Å². The van der Waals surface area contributed by atoms with Crippen molar-refractivity contribution >= 4 is 28.9 Å². The molecule has 0 amide bonds. The van der Waals surface area contributed by atoms with Crippen LogP contribution in [0.25, 0.3) is 0 Å². The minimum absolute atomic E-state index is 0.474. The Balaban J connectivity index is 2.06. The smallest absolute Gasteiger partial charge is 0.0652 e. The molecule has 0 saturated heterocycles. The summed E-state index contributed by atoms with van der Waals surface area (Å²) in [6, 6.07) is 6.16. The standard InChI is InChI=1S/C15H21Cl2N/c1-10-9-15(2,3)7-6-13(10)18-14-5-4-11(16)8-12(14)17/h4-5,8,10,13,18H,6-7,9H2,1-3H3. The van der Waals surface area contributed by atoms with Crippen molar-refractivity contribution in [1.29, 1.82) is 0 Å². The van der Waals surface area contributed by atoms with E-state index < -0.39 is 0 Å². The summed E-state index contributed by atoms with van der Waals surface area (Å²) >= 11 is 12.1. The van der Waals surface area contributed by atoms with Crippen LogP contribution in [0.15, 0.2) is 18.2 Å². The molecular formula is C15H21Cl2N. The predicted octanol–water partition coefficient (Wildman–Crippen LogP) is 5.62. The van der Waals surface area contributed by atoms with Crippen LogP contribution in [0.4, 0.5) is 5.69 Å². The molecule has 1 aromatic carbocycles. The molecule has 2 atom stereocenters. The third-order valence-corrected chi connectivity index (χ3v) is 4.51. The van der Waals surface area contributed by atoms with Gasteiger partial charge in [0.1, 0.15) is 0 Å². The van der Waals surface area contributed by atoms with Gasteiger partial charge in [-0.3, -0.25) is 0 Å². The highest BCUT2D eigenvalue weighted by Crippen LogP contribution is 2.40. The summed E-state index contributed by atoms with van der Waals surface area (Å²) in [6.45, 7) is 7.03. The number of benzene rings is 1. The molecule has 0 aromatic heterocycles. The van der Waals surface area contributed by atoms with Gasteiger partial charge in [-0.25, -0.2) is 0 Å². The molecule has 1 aromatic rings. The molecular weight excluding hydrogens is 265 g/mol. The molecule has 0 bridgehead atoms. The maximum Gasteiger partial charge on any atom is 0.0652 e. The van der Waals surface area contributed by atoms with Gasteiger partial charge in [-0.2, -0.15) is 0 Å². The Labute approximate surface area is 120 Å². The molecule has 1 nitrogen and oxygen atoms in total. The van der Waals surface area contributed by atoms with Crippen molar-refractivity contribution < 1.29 is 0 Å². The monoisotopic (exact) mass is 285 g/mol. The van der Waals surface area contributed by atoms with Gasteiger partial charge in [0.2, 0.25) is 0 Å². The van der Waals surface area contributed by atoms with Crippen LogP contribution < -0.4 is 5.32 Å². The highest BCUT2D eigenvalue weighted by molar-refractivity contribution is 6.36. The van der Waals surface area contributed by atoms with Crippen LogP contribution in [-0.4, -0.2) is 6.04 Å². The highest BCUT2D eigenvalue weighted by Gasteiger charge is 2.32. The Morgan fingerprint density at radius 1 is 1.28 bits per heavy atom. The van der Waals surface area contributed by atoms with Crippen LogP contribution in [-0.2, 0) is 0 Å². The van der Waals surface area contributed by atoms with Crippen molar-refractivity contribution in [3.05, 3.63) is 28.2 Å². The van der Waals surface area contributed by atoms with E-state index in [1.807, 2.05) is 12.1 Å². The second-order valence-corrected chi connectivity index (χ2v) is 7.10. The van der Waals surface area contributed by atoms with Crippen LogP contribution in [0.5, 0.6) is 0 Å². The second kappa shape index (κ2) is 5.30. The van der Waals surface area contributed by atoms with Gasteiger partial charge < -0.3 is 5.32 Å². The average Bonchev–Trinajstić information content (AvgIpc) is 2.24. The minimum atomic E-state index is 0.474. The summed E-state index contributed by atoms with van der Waals surface area (Å²) in [4.78, 5) is 0. The first-order valence-electron chi connectivity index (χ1n) is 6.59. The van der Waals surface area contributed by atoms with E-state index in [0.29, 0.717) is 27.4 Å². The first kappa shape index (κ1) is 14.0. The number of nitrogens with one attached hydrogen (secondary N) is 1. The van der Waals surface area contributed by atoms with Crippen molar-refractivity contribution in [3.8, 4) is 0 Å². The van der Waals surface area contributed by atoms with E-state index in [-0.39, 0.29) is 0 Å². The molecule has 0 spiro atoms. The molecule has 0 aliphatic heterocycles. The fraction of sp³-hybridized carbons (Fsp3) is 0.600. The number of rotatable bonds is 2. The third kappa shape index (κ3) is 3.33. The Kier molecular flexibility index (Phi) is 4.13. The van der Waals surface area contributed by atoms with Crippen molar-refractivity contribution in [3.63, 3.8) is 0 Å². The predicted molar refractivity (Wildman–Crippen MR) is 80.7 cm³/mol. The van der Waals surface area contributed by atoms with Crippen molar-refractivity contribution in [2.75, 3.05) is 5.32 Å². The molecule has 2 unspecified atom stereocenters. The van der Waals surface area contributed by atoms with Gasteiger partial charge in [0.25, 0.3) is 0 Å². The molecule has 1 fully saturated rings. The summed E-state index contributed by atoms with van der Waals surface area (Å²) in [5.41, 5.74) is 1.47. The van der Waals surface area contributed by atoms with Gasteiger partial charge in [-0.1, -0.05) is 44.0 Å². The van der Waals surface area contributed by atoms with E-state index in [0.717, 1.165) is 5.69 Å². The summed E-state index contributed by atoms with van der Waals surface area (Å²) in [6.07, 6.45) is 3.73. The molecule has 1 saturated carbocycles. The molecule has 100 valence electrons. The van der Waals surface area contributed by atoms with Gasteiger partial charge in [-0.15, -0.1) is 0 Å². The molecule has 0 radical (unpaired) electrons. The molecule has 3 heteroatoms. The van der Waals surface area contributed by atoms with Crippen LogP contribution in [0, 0.1) is 11.3 Å². The molecule has 18 heavy (non-hydrogen) atoms. The quantitative estimate of drug-likeness (QED) is 0.744. The lowest BCUT2D eigenvalue weighted by atomic mass is 9.70. The van der Waals surface area contributed by atoms with Crippen molar-refractivity contribution in [1.82, 2.24) is 0 Å². The second-order valence-electron chi connectivity index (χ2n) is 6.26. The molecule has 1 N–H and O–H groups in total. The maximum atomic E-state index is 6.21. The van der Waals surface area contributed by atoms with Crippen molar-refractivity contribution in [2.45, 2.75) is 46.1 Å². The van der Waals surface area contributed by atoms with E-state index in [4.69, 9.17) is 23.2 Å². The first-order valence-corrected chi connectivity index (χ1v) is 7.34. The topological polar surface area (TPSA) is 12.0 Å². The fourth-order valence-corrected chi connectivity index (χ4v) is 3.43. The number of hydrogen-bond donors (Lipinski definition) is 1. The van der Waals surface area contributed by atoms with E-state index in [1.54, 1.807) is 6.07 Å². The Bertz CT molecular complexity index is 429. The van der Waals surface area contributed by atoms with Crippen molar-refractivity contribution in [2.24, 2.45) is 11.3 Å². The minimum Gasteiger partial charge on any atom is -0.381 e. The number of anilines is 1. The van der Waals surface area contributed by atoms with Gasteiger partial charge in [-0.05, 0) is 48.8 Å². The number of halogens is 2. The summed E-state index contributed by atoms with van der Waals surface area (Å²) in [5.74, 6) is 0.667. The fourth-order valence-electron chi connectivity index (χ4n) is 2.97. The van der Waals surface area contributed by atoms with Crippen LogP contribution in [0.3, 0.4) is 0 Å². The van der Waals surface area contributed by atoms with Crippen LogP contribution in [0.1, 0.15) is 40.0 Å². The lowest BCUT2D eigenvalue weighted by Crippen LogP contribution is -2.36. The lowest BCUT2D eigenvalue weighted by molar-refractivity contribution is 0.177. The van der Waals surface area contributed by atoms with Gasteiger partial charge in [0.15, 0.2) is 0 Å². The molecule has 2 rings (SSSR count). The van der Waals surface area contributed by atoms with E-state index in [9.17, 15) is 0 Å². The molecule has 1 aliphatic carbocycles. The molecule has 1 aliphatic rings. The third-order valence-electron chi connectivity index (χ3n) is 3.97. The Morgan fingerprint density at radius 2 is 2.00 bits per heavy atom. The van der Waals surface area contributed by atoms with Gasteiger partial charge in [0, 0.05) is 11.1 Å². The zero-order valence-electron chi connectivity index (χ0n) is 11.3. The SMILES string of the molecule is CC1CC(C)(C)CCC1Nc1ccc(Cl)cc1Cl. The maximum absolute atomic E-state index is 6.21. The summed E-state index contributed by atoms with van der Waals surface area (Å²) in [5, 5.41) is 4.96. The zero-order valence-corrected chi connectivity index (χ0v) is 12.8. The van der Waals surface area contributed by atoms with E-state index >= 15 is 0 Å². The van der Waals surface area contributed by atoms with Crippen LogP contribution >= 0.6 is 23.2 Å². The normalized spacial score (nSPS) is 26.9. The zero-order chi connectivity index (χ0) is 13.3. The Hall–Kier alpha value is -0.400. The number of hydrogen-bond acceptors (Lipinski definition) is 1. The Morgan fingerprint density at radius 3 is 2.61 bits per heavy atom. The summed E-state index contributed by atoms with van der Waals surface area (Å²) in [7, 11) is 0. The highest BCUT2D eigenvalue weighted by atomic mass is 35.5. The largest absolute Gasteiger partial charge is 0.381 e. The first-order chi connectivity index (χ1) is 8.37. The molecule has 0 heterocycles.